The third-order valence-electron chi connectivity index (χ3n) is 5.57. The smallest absolute Gasteiger partial charge is 0.303 e. The Morgan fingerprint density at radius 3 is 2.78 bits per heavy atom. The monoisotopic (exact) mass is 532 g/mol. The molecule has 0 unspecified atom stereocenters. The molecule has 1 fully saturated rings. The molecule has 0 aliphatic carbocycles. The number of hydrogen-bond acceptors (Lipinski definition) is 8. The molecule has 194 valence electrons. The third-order valence-corrected chi connectivity index (χ3v) is 6.95. The van der Waals surface area contributed by atoms with E-state index >= 15 is 0 Å². The number of fused-ring (bicyclic) bond motifs is 1. The van der Waals surface area contributed by atoms with Crippen molar-refractivity contribution in [2.24, 2.45) is 0 Å². The lowest BCUT2D eigenvalue weighted by atomic mass is 10.2. The molecular formula is C25H32N4O5S2. The summed E-state index contributed by atoms with van der Waals surface area (Å²) in [6.45, 7) is 7.40. The van der Waals surface area contributed by atoms with Crippen LogP contribution < -0.4 is 10.9 Å². The quantitative estimate of drug-likeness (QED) is 0.224. The fourth-order valence-corrected chi connectivity index (χ4v) is 5.01. The van der Waals surface area contributed by atoms with E-state index in [9.17, 15) is 14.4 Å². The minimum atomic E-state index is -0.828. The number of carbonyl (C=O) groups excluding carboxylic acids is 1. The zero-order valence-electron chi connectivity index (χ0n) is 20.8. The number of nitrogens with one attached hydrogen (secondary N) is 1. The summed E-state index contributed by atoms with van der Waals surface area (Å²) in [5, 5.41) is 12.0. The zero-order valence-corrected chi connectivity index (χ0v) is 22.4. The molecule has 1 aliphatic heterocycles. The molecule has 0 saturated carbocycles. The highest BCUT2D eigenvalue weighted by Gasteiger charge is 2.32. The van der Waals surface area contributed by atoms with Gasteiger partial charge in [0, 0.05) is 32.3 Å². The van der Waals surface area contributed by atoms with E-state index in [4.69, 9.17) is 27.0 Å². The van der Waals surface area contributed by atoms with Crippen molar-refractivity contribution >= 4 is 57.7 Å². The number of ether oxygens (including phenoxy) is 1. The van der Waals surface area contributed by atoms with Crippen molar-refractivity contribution in [1.82, 2.24) is 14.3 Å². The Bertz CT molecular complexity index is 1220. The van der Waals surface area contributed by atoms with Crippen molar-refractivity contribution in [3.05, 3.63) is 44.7 Å². The summed E-state index contributed by atoms with van der Waals surface area (Å²) in [5.41, 5.74) is 1.43. The van der Waals surface area contributed by atoms with Crippen LogP contribution in [0.4, 0.5) is 5.82 Å². The number of hydrogen-bond donors (Lipinski definition) is 2. The summed E-state index contributed by atoms with van der Waals surface area (Å²) >= 11 is 6.57. The molecule has 0 spiro atoms. The number of anilines is 1. The molecule has 0 radical (unpaired) electrons. The largest absolute Gasteiger partial charge is 0.481 e. The lowest BCUT2D eigenvalue weighted by Gasteiger charge is -2.14. The van der Waals surface area contributed by atoms with Crippen LogP contribution >= 0.6 is 24.0 Å². The molecule has 11 heteroatoms. The van der Waals surface area contributed by atoms with Crippen LogP contribution in [0.1, 0.15) is 57.1 Å². The lowest BCUT2D eigenvalue weighted by Crippen LogP contribution is -2.29. The topological polar surface area (TPSA) is 113 Å². The standard InChI is InChI=1S/C25H32N4O5S2/c1-16(2)34-14-8-11-26-21-18(23(32)28-13-7-9-17(3)22(28)27-21)15-19-24(33)29(25(35)36-19)12-6-4-5-10-20(30)31/h7,9,13,15-16,26H,4-6,8,10-12,14H2,1-3H3,(H,30,31)/b19-15-. The molecule has 0 bridgehead atoms. The van der Waals surface area contributed by atoms with Crippen molar-refractivity contribution in [2.75, 3.05) is 25.0 Å². The fourth-order valence-electron chi connectivity index (χ4n) is 3.72. The second-order valence-electron chi connectivity index (χ2n) is 8.80. The first-order valence-corrected chi connectivity index (χ1v) is 13.3. The first-order chi connectivity index (χ1) is 17.2. The van der Waals surface area contributed by atoms with Gasteiger partial charge in [0.15, 0.2) is 0 Å². The van der Waals surface area contributed by atoms with Crippen molar-refractivity contribution in [3.8, 4) is 0 Å². The highest BCUT2D eigenvalue weighted by atomic mass is 32.2. The van der Waals surface area contributed by atoms with Gasteiger partial charge in [0.25, 0.3) is 11.5 Å². The first kappa shape index (κ1) is 27.8. The number of aromatic nitrogens is 2. The molecule has 36 heavy (non-hydrogen) atoms. The molecule has 0 atom stereocenters. The molecule has 1 amide bonds. The Morgan fingerprint density at radius 2 is 2.06 bits per heavy atom. The van der Waals surface area contributed by atoms with Crippen LogP contribution in [0, 0.1) is 6.92 Å². The Balaban J connectivity index is 1.83. The van der Waals surface area contributed by atoms with Gasteiger partial charge in [0.1, 0.15) is 15.8 Å². The predicted octanol–water partition coefficient (Wildman–Crippen LogP) is 4.08. The average Bonchev–Trinajstić information content (AvgIpc) is 3.08. The summed E-state index contributed by atoms with van der Waals surface area (Å²) in [5.74, 6) is -0.670. The van der Waals surface area contributed by atoms with Crippen molar-refractivity contribution in [2.45, 2.75) is 59.0 Å². The molecule has 3 rings (SSSR count). The number of carboxylic acids is 1. The molecule has 2 aromatic rings. The molecular weight excluding hydrogens is 500 g/mol. The van der Waals surface area contributed by atoms with Gasteiger partial charge in [-0.05, 0) is 57.7 Å². The van der Waals surface area contributed by atoms with Gasteiger partial charge in [-0.2, -0.15) is 0 Å². The molecule has 1 aliphatic rings. The third kappa shape index (κ3) is 7.14. The second-order valence-corrected chi connectivity index (χ2v) is 10.5. The van der Waals surface area contributed by atoms with E-state index in [0.29, 0.717) is 65.2 Å². The van der Waals surface area contributed by atoms with Crippen LogP contribution in [0.3, 0.4) is 0 Å². The zero-order chi connectivity index (χ0) is 26.2. The number of amides is 1. The van der Waals surface area contributed by atoms with E-state index in [1.165, 1.54) is 9.30 Å². The maximum Gasteiger partial charge on any atom is 0.303 e. The molecule has 2 aromatic heterocycles. The number of pyridine rings is 1. The van der Waals surface area contributed by atoms with E-state index in [1.807, 2.05) is 26.8 Å². The minimum Gasteiger partial charge on any atom is -0.481 e. The Morgan fingerprint density at radius 1 is 1.28 bits per heavy atom. The number of carbonyl (C=O) groups is 2. The van der Waals surface area contributed by atoms with E-state index in [1.54, 1.807) is 18.3 Å². The SMILES string of the molecule is Cc1cccn2c(=O)c(/C=C3\SC(=S)N(CCCCCC(=O)O)C3=O)c(NCCCOC(C)C)nc12. The van der Waals surface area contributed by atoms with Crippen LogP contribution in [-0.2, 0) is 14.3 Å². The number of rotatable bonds is 13. The number of thiocarbonyl (C=S) groups is 1. The second kappa shape index (κ2) is 13.0. The van der Waals surface area contributed by atoms with Gasteiger partial charge >= 0.3 is 5.97 Å². The number of thioether (sulfide) groups is 1. The maximum absolute atomic E-state index is 13.4. The van der Waals surface area contributed by atoms with Crippen LogP contribution in [0.15, 0.2) is 28.0 Å². The average molecular weight is 533 g/mol. The van der Waals surface area contributed by atoms with Crippen molar-refractivity contribution in [3.63, 3.8) is 0 Å². The van der Waals surface area contributed by atoms with Crippen LogP contribution in [-0.4, -0.2) is 61.4 Å². The molecule has 0 aromatic carbocycles. The lowest BCUT2D eigenvalue weighted by molar-refractivity contribution is -0.137. The highest BCUT2D eigenvalue weighted by Crippen LogP contribution is 2.33. The maximum atomic E-state index is 13.4. The summed E-state index contributed by atoms with van der Waals surface area (Å²) in [4.78, 5) is 43.8. The molecule has 1 saturated heterocycles. The van der Waals surface area contributed by atoms with Crippen molar-refractivity contribution < 1.29 is 19.4 Å². The number of aryl methyl sites for hydroxylation is 1. The van der Waals surface area contributed by atoms with Gasteiger partial charge < -0.3 is 15.2 Å². The van der Waals surface area contributed by atoms with Gasteiger partial charge in [-0.3, -0.25) is 23.7 Å². The van der Waals surface area contributed by atoms with Crippen LogP contribution in [0.25, 0.3) is 11.7 Å². The highest BCUT2D eigenvalue weighted by molar-refractivity contribution is 8.26. The Kier molecular flexibility index (Phi) is 10.0. The Labute approximate surface area is 219 Å². The van der Waals surface area contributed by atoms with Crippen molar-refractivity contribution in [1.29, 1.82) is 0 Å². The summed E-state index contributed by atoms with van der Waals surface area (Å²) in [7, 11) is 0. The Hall–Kier alpha value is -2.76. The van der Waals surface area contributed by atoms with E-state index < -0.39 is 5.97 Å². The van der Waals surface area contributed by atoms with Gasteiger partial charge in [-0.15, -0.1) is 0 Å². The first-order valence-electron chi connectivity index (χ1n) is 12.0. The minimum absolute atomic E-state index is 0.107. The number of aliphatic carboxylic acids is 1. The summed E-state index contributed by atoms with van der Waals surface area (Å²) < 4.78 is 7.50. The van der Waals surface area contributed by atoms with E-state index in [2.05, 4.69) is 5.32 Å². The van der Waals surface area contributed by atoms with Crippen LogP contribution in [0.5, 0.6) is 0 Å². The van der Waals surface area contributed by atoms with Gasteiger partial charge in [-0.1, -0.05) is 36.5 Å². The summed E-state index contributed by atoms with van der Waals surface area (Å²) in [6, 6.07) is 3.68. The number of nitrogens with zero attached hydrogens (tertiary/aromatic N) is 3. The van der Waals surface area contributed by atoms with Gasteiger partial charge in [0.05, 0.1) is 16.6 Å². The number of carboxylic acid groups (broad SMARTS) is 1. The predicted molar refractivity (Wildman–Crippen MR) is 146 cm³/mol. The summed E-state index contributed by atoms with van der Waals surface area (Å²) in [6.07, 6.45) is 6.11. The normalized spacial score (nSPS) is 15.0. The molecule has 9 nitrogen and oxygen atoms in total. The number of unbranched alkanes of at least 4 members (excludes halogenated alkanes) is 2. The molecule has 2 N–H and O–H groups in total. The van der Waals surface area contributed by atoms with Crippen LogP contribution in [0.2, 0.25) is 0 Å². The molecule has 3 heterocycles. The van der Waals surface area contributed by atoms with Gasteiger partial charge in [0.2, 0.25) is 0 Å². The van der Waals surface area contributed by atoms with E-state index in [-0.39, 0.29) is 24.0 Å². The van der Waals surface area contributed by atoms with Gasteiger partial charge in [-0.25, -0.2) is 4.98 Å². The van der Waals surface area contributed by atoms with E-state index in [0.717, 1.165) is 23.7 Å². The fraction of sp³-hybridized carbons (Fsp3) is 0.480.